The number of carbonyl (C=O) groups excluding carboxylic acids is 1. The fourth-order valence-corrected chi connectivity index (χ4v) is 4.94. The van der Waals surface area contributed by atoms with E-state index in [1.54, 1.807) is 0 Å². The topological polar surface area (TPSA) is 55.5 Å². The normalized spacial score (nSPS) is 21.2. The zero-order valence-electron chi connectivity index (χ0n) is 16.9. The molecule has 1 aromatic heterocycles. The van der Waals surface area contributed by atoms with Gasteiger partial charge in [0.1, 0.15) is 0 Å². The monoisotopic (exact) mass is 397 g/mol. The van der Waals surface area contributed by atoms with Crippen LogP contribution in [-0.4, -0.2) is 58.4 Å². The van der Waals surface area contributed by atoms with E-state index in [9.17, 15) is 9.18 Å². The summed E-state index contributed by atoms with van der Waals surface area (Å²) >= 11 is 0. The molecule has 5 rings (SSSR count). The summed E-state index contributed by atoms with van der Waals surface area (Å²) in [5.74, 6) is 0.155. The molecule has 2 heterocycles. The highest BCUT2D eigenvalue weighted by atomic mass is 19.1. The van der Waals surface area contributed by atoms with Crippen molar-refractivity contribution in [2.24, 2.45) is 0 Å². The average molecular weight is 397 g/mol. The van der Waals surface area contributed by atoms with Crippen LogP contribution in [0.15, 0.2) is 24.4 Å². The maximum absolute atomic E-state index is 13.8. The van der Waals surface area contributed by atoms with Crippen molar-refractivity contribution in [3.63, 3.8) is 0 Å². The van der Waals surface area contributed by atoms with E-state index in [0.29, 0.717) is 25.6 Å². The van der Waals surface area contributed by atoms with Crippen LogP contribution < -0.4 is 5.01 Å². The van der Waals surface area contributed by atoms with E-state index in [0.717, 1.165) is 48.9 Å². The number of rotatable bonds is 6. The molecule has 154 valence electrons. The van der Waals surface area contributed by atoms with Gasteiger partial charge in [0.2, 0.25) is 0 Å². The molecule has 1 atom stereocenters. The van der Waals surface area contributed by atoms with Gasteiger partial charge in [-0.3, -0.25) is 14.3 Å². The van der Waals surface area contributed by atoms with Crippen molar-refractivity contribution in [2.45, 2.75) is 57.2 Å². The van der Waals surface area contributed by atoms with Gasteiger partial charge in [-0.1, -0.05) is 6.07 Å². The molecule has 0 radical (unpaired) electrons. The Labute approximate surface area is 170 Å². The van der Waals surface area contributed by atoms with Gasteiger partial charge in [-0.25, -0.2) is 5.01 Å². The van der Waals surface area contributed by atoms with Gasteiger partial charge in [0.15, 0.2) is 0 Å². The minimum atomic E-state index is -0.328. The van der Waals surface area contributed by atoms with Crippen LogP contribution in [0.25, 0.3) is 0 Å². The molecule has 1 aliphatic heterocycles. The van der Waals surface area contributed by atoms with Crippen LogP contribution in [0.5, 0.6) is 0 Å². The Kier molecular flexibility index (Phi) is 4.78. The first-order chi connectivity index (χ1) is 14.2. The zero-order valence-corrected chi connectivity index (χ0v) is 16.9. The van der Waals surface area contributed by atoms with Gasteiger partial charge in [-0.05, 0) is 56.2 Å². The molecule has 1 unspecified atom stereocenters. The molecular formula is C22H28FN5O. The molecule has 6 nitrogen and oxygen atoms in total. The molecular weight excluding hydrogens is 369 g/mol. The number of aryl methyl sites for hydroxylation is 1. The molecule has 7 heteroatoms. The summed E-state index contributed by atoms with van der Waals surface area (Å²) in [5, 5.41) is 11.5. The molecule has 0 spiro atoms. The fourth-order valence-electron chi connectivity index (χ4n) is 4.94. The summed E-state index contributed by atoms with van der Waals surface area (Å²) < 4.78 is 12.7. The lowest BCUT2D eigenvalue weighted by Gasteiger charge is -2.35. The number of carbonyl (C=O) groups is 1. The maximum atomic E-state index is 13.8. The lowest BCUT2D eigenvalue weighted by atomic mass is 9.91. The van der Waals surface area contributed by atoms with E-state index >= 15 is 0 Å². The number of H-pyrrole nitrogens is 1. The highest BCUT2D eigenvalue weighted by molar-refractivity contribution is 5.98. The number of nitrogens with one attached hydrogen (secondary N) is 1. The van der Waals surface area contributed by atoms with Gasteiger partial charge >= 0.3 is 0 Å². The minimum Gasteiger partial charge on any atom is -0.332 e. The summed E-state index contributed by atoms with van der Waals surface area (Å²) in [6.45, 7) is 1.000. The second kappa shape index (κ2) is 7.44. The first kappa shape index (κ1) is 18.6. The number of aromatic amines is 1. The molecule has 1 saturated carbocycles. The largest absolute Gasteiger partial charge is 0.332 e. The van der Waals surface area contributed by atoms with E-state index in [4.69, 9.17) is 0 Å². The molecule has 1 amide bonds. The molecule has 2 aromatic rings. The van der Waals surface area contributed by atoms with Crippen molar-refractivity contribution in [1.29, 1.82) is 0 Å². The Morgan fingerprint density at radius 3 is 2.97 bits per heavy atom. The predicted molar refractivity (Wildman–Crippen MR) is 109 cm³/mol. The summed E-state index contributed by atoms with van der Waals surface area (Å²) in [6.07, 6.45) is 7.40. The van der Waals surface area contributed by atoms with E-state index in [1.165, 1.54) is 11.3 Å². The van der Waals surface area contributed by atoms with Crippen LogP contribution in [0.1, 0.15) is 52.9 Å². The van der Waals surface area contributed by atoms with Gasteiger partial charge in [-0.2, -0.15) is 5.10 Å². The summed E-state index contributed by atoms with van der Waals surface area (Å²) in [7, 11) is 2.01. The van der Waals surface area contributed by atoms with Crippen LogP contribution in [0.4, 0.5) is 10.1 Å². The van der Waals surface area contributed by atoms with Crippen molar-refractivity contribution >= 4 is 11.6 Å². The number of benzene rings is 1. The number of halogens is 1. The molecule has 1 aromatic carbocycles. The molecule has 0 saturated heterocycles. The second-order valence-corrected chi connectivity index (χ2v) is 8.50. The number of nitrogens with zero attached hydrogens (tertiary/aromatic N) is 4. The van der Waals surface area contributed by atoms with E-state index in [-0.39, 0.29) is 18.6 Å². The van der Waals surface area contributed by atoms with Gasteiger partial charge < -0.3 is 9.91 Å². The van der Waals surface area contributed by atoms with Crippen molar-refractivity contribution < 1.29 is 9.18 Å². The highest BCUT2D eigenvalue weighted by Gasteiger charge is 2.40. The molecule has 1 N–H and O–H groups in total. The average Bonchev–Trinajstić information content (AvgIpc) is 3.34. The molecule has 1 fully saturated rings. The SMILES string of the molecule is CN1Cc2c(C(=O)N(C3CC3)C3CCc4[nH]ncc4C3)cccc2N1CCCF. The van der Waals surface area contributed by atoms with Gasteiger partial charge in [-0.15, -0.1) is 0 Å². The first-order valence-electron chi connectivity index (χ1n) is 10.7. The van der Waals surface area contributed by atoms with Crippen molar-refractivity contribution in [1.82, 2.24) is 20.1 Å². The smallest absolute Gasteiger partial charge is 0.254 e. The highest BCUT2D eigenvalue weighted by Crippen LogP contribution is 2.38. The Morgan fingerprint density at radius 1 is 1.31 bits per heavy atom. The lowest BCUT2D eigenvalue weighted by molar-refractivity contribution is 0.0641. The Bertz CT molecular complexity index is 908. The number of alkyl halides is 1. The van der Waals surface area contributed by atoms with Crippen molar-refractivity contribution in [3.05, 3.63) is 46.8 Å². The Hall–Kier alpha value is -2.41. The third-order valence-electron chi connectivity index (χ3n) is 6.52. The van der Waals surface area contributed by atoms with Gasteiger partial charge in [0.25, 0.3) is 5.91 Å². The second-order valence-electron chi connectivity index (χ2n) is 8.50. The number of aromatic nitrogens is 2. The Morgan fingerprint density at radius 2 is 2.17 bits per heavy atom. The molecule has 0 bridgehead atoms. The van der Waals surface area contributed by atoms with Crippen molar-refractivity contribution in [2.75, 3.05) is 25.3 Å². The third-order valence-corrected chi connectivity index (χ3v) is 6.52. The van der Waals surface area contributed by atoms with Gasteiger partial charge in [0, 0.05) is 49.0 Å². The van der Waals surface area contributed by atoms with E-state index in [2.05, 4.69) is 25.1 Å². The zero-order chi connectivity index (χ0) is 20.0. The van der Waals surface area contributed by atoms with Crippen LogP contribution in [0, 0.1) is 0 Å². The molecule has 29 heavy (non-hydrogen) atoms. The van der Waals surface area contributed by atoms with Crippen LogP contribution >= 0.6 is 0 Å². The summed E-state index contributed by atoms with van der Waals surface area (Å²) in [4.78, 5) is 15.9. The van der Waals surface area contributed by atoms with Crippen molar-refractivity contribution in [3.8, 4) is 0 Å². The number of hydrogen-bond acceptors (Lipinski definition) is 4. The quantitative estimate of drug-likeness (QED) is 0.814. The number of fused-ring (bicyclic) bond motifs is 2. The number of hydrogen-bond donors (Lipinski definition) is 1. The van der Waals surface area contributed by atoms with Crippen LogP contribution in [0.2, 0.25) is 0 Å². The predicted octanol–water partition coefficient (Wildman–Crippen LogP) is 3.10. The number of hydrazine groups is 1. The van der Waals surface area contributed by atoms with Gasteiger partial charge in [0.05, 0.1) is 18.6 Å². The molecule has 3 aliphatic rings. The third kappa shape index (κ3) is 3.31. The summed E-state index contributed by atoms with van der Waals surface area (Å²) in [6, 6.07) is 6.58. The van der Waals surface area contributed by atoms with Crippen LogP contribution in [-0.2, 0) is 19.4 Å². The number of anilines is 1. The van der Waals surface area contributed by atoms with E-state index < -0.39 is 0 Å². The maximum Gasteiger partial charge on any atom is 0.254 e. The summed E-state index contributed by atoms with van der Waals surface area (Å²) in [5.41, 5.74) is 5.39. The lowest BCUT2D eigenvalue weighted by Crippen LogP contribution is -2.45. The van der Waals surface area contributed by atoms with E-state index in [1.807, 2.05) is 31.4 Å². The fraction of sp³-hybridized carbons (Fsp3) is 0.545. The van der Waals surface area contributed by atoms with Crippen LogP contribution in [0.3, 0.4) is 0 Å². The number of amides is 1. The Balaban J connectivity index is 1.43. The molecule has 2 aliphatic carbocycles. The standard InChI is InChI=1S/C22H28FN5O/c1-26-14-19-18(4-2-5-21(19)27(26)11-3-10-23)22(29)28(16-6-7-16)17-8-9-20-15(12-17)13-24-25-20/h2,4-5,13,16-17H,3,6-12,14H2,1H3,(H,24,25). The minimum absolute atomic E-state index is 0.155. The first-order valence-corrected chi connectivity index (χ1v) is 10.7.